The van der Waals surface area contributed by atoms with Crippen molar-refractivity contribution in [3.63, 3.8) is 0 Å². The van der Waals surface area contributed by atoms with E-state index in [0.29, 0.717) is 13.2 Å². The molecule has 0 bridgehead atoms. The Morgan fingerprint density at radius 2 is 1.85 bits per heavy atom. The average molecular weight is 189 g/mol. The van der Waals surface area contributed by atoms with Crippen molar-refractivity contribution in [3.8, 4) is 0 Å². The molecule has 0 N–H and O–H groups in total. The summed E-state index contributed by atoms with van der Waals surface area (Å²) in [5.41, 5.74) is 0. The van der Waals surface area contributed by atoms with E-state index in [1.54, 1.807) is 0 Å². The van der Waals surface area contributed by atoms with Gasteiger partial charge in [-0.1, -0.05) is 26.2 Å². The van der Waals surface area contributed by atoms with Crippen molar-refractivity contribution < 1.29 is 19.4 Å². The van der Waals surface area contributed by atoms with E-state index in [1.807, 2.05) is 0 Å². The maximum absolute atomic E-state index is 9.78. The molecule has 0 spiro atoms. The molecular formula is C9H17O4. The highest BCUT2D eigenvalue weighted by molar-refractivity contribution is 5.56. The van der Waals surface area contributed by atoms with Gasteiger partial charge in [0.25, 0.3) is 0 Å². The predicted molar refractivity (Wildman–Crippen MR) is 47.0 cm³/mol. The predicted octanol–water partition coefficient (Wildman–Crippen LogP) is 2.15. The van der Waals surface area contributed by atoms with Crippen LogP contribution in [0.3, 0.4) is 0 Å². The molecule has 0 unspecified atom stereocenters. The van der Waals surface area contributed by atoms with Crippen LogP contribution in [-0.4, -0.2) is 26.0 Å². The maximum Gasteiger partial charge on any atom is 0.550 e. The average Bonchev–Trinajstić information content (AvgIpc) is 2.09. The van der Waals surface area contributed by atoms with Crippen LogP contribution in [0.25, 0.3) is 0 Å². The van der Waals surface area contributed by atoms with Gasteiger partial charge in [0, 0.05) is 6.61 Å². The van der Waals surface area contributed by atoms with Gasteiger partial charge in [-0.3, -0.25) is 0 Å². The first-order valence-corrected chi connectivity index (χ1v) is 4.69. The zero-order valence-electron chi connectivity index (χ0n) is 8.08. The van der Waals surface area contributed by atoms with Crippen LogP contribution in [0.2, 0.25) is 0 Å². The Kier molecular flexibility index (Phi) is 8.77. The van der Waals surface area contributed by atoms with Crippen LogP contribution in [0.15, 0.2) is 0 Å². The lowest BCUT2D eigenvalue weighted by Crippen LogP contribution is -2.08. The van der Waals surface area contributed by atoms with Gasteiger partial charge in [0.05, 0.1) is 6.61 Å². The molecule has 13 heavy (non-hydrogen) atoms. The largest absolute Gasteiger partial charge is 0.550 e. The molecule has 4 heteroatoms. The maximum atomic E-state index is 9.78. The number of rotatable bonds is 8. The number of hydrogen-bond donors (Lipinski definition) is 0. The minimum absolute atomic E-state index is 0.0656. The van der Waals surface area contributed by atoms with E-state index in [9.17, 15) is 9.90 Å². The first kappa shape index (κ1) is 12.2. The third-order valence-electron chi connectivity index (χ3n) is 1.59. The van der Waals surface area contributed by atoms with Crippen LogP contribution in [-0.2, 0) is 14.6 Å². The molecule has 0 amide bonds. The van der Waals surface area contributed by atoms with Crippen LogP contribution in [0.4, 0.5) is 4.79 Å². The van der Waals surface area contributed by atoms with Crippen LogP contribution < -0.4 is 0 Å². The number of carbonyl (C=O) groups excluding carboxylic acids is 1. The third-order valence-corrected chi connectivity index (χ3v) is 1.59. The quantitative estimate of drug-likeness (QED) is 0.434. The summed E-state index contributed by atoms with van der Waals surface area (Å²) in [6, 6.07) is 0. The first-order valence-electron chi connectivity index (χ1n) is 4.69. The topological polar surface area (TPSA) is 55.4 Å². The monoisotopic (exact) mass is 189 g/mol. The Hall–Kier alpha value is -0.770. The standard InChI is InChI=1S/C9H17O4/c1-2-3-4-5-6-12-7-8-13-9(10)11/h2-8H2,1H3. The molecule has 0 aromatic rings. The van der Waals surface area contributed by atoms with Crippen molar-refractivity contribution in [2.24, 2.45) is 0 Å². The van der Waals surface area contributed by atoms with E-state index in [0.717, 1.165) is 12.8 Å². The highest BCUT2D eigenvalue weighted by Crippen LogP contribution is 1.98. The van der Waals surface area contributed by atoms with Gasteiger partial charge in [-0.25, -0.2) is 0 Å². The van der Waals surface area contributed by atoms with Crippen LogP contribution >= 0.6 is 0 Å². The van der Waals surface area contributed by atoms with Gasteiger partial charge >= 0.3 is 6.16 Å². The second kappa shape index (κ2) is 9.32. The first-order chi connectivity index (χ1) is 6.27. The fourth-order valence-corrected chi connectivity index (χ4v) is 0.917. The van der Waals surface area contributed by atoms with E-state index < -0.39 is 6.16 Å². The molecule has 0 aliphatic carbocycles. The second-order valence-electron chi connectivity index (χ2n) is 2.77. The number of ether oxygens (including phenoxy) is 2. The zero-order valence-corrected chi connectivity index (χ0v) is 8.08. The van der Waals surface area contributed by atoms with Gasteiger partial charge in [-0.05, 0) is 6.42 Å². The molecule has 0 aliphatic heterocycles. The van der Waals surface area contributed by atoms with Crippen molar-refractivity contribution >= 4 is 6.16 Å². The van der Waals surface area contributed by atoms with E-state index in [4.69, 9.17) is 4.74 Å². The van der Waals surface area contributed by atoms with Crippen LogP contribution in [0.5, 0.6) is 0 Å². The van der Waals surface area contributed by atoms with Gasteiger partial charge in [-0.15, -0.1) is 0 Å². The summed E-state index contributed by atoms with van der Waals surface area (Å²) in [4.78, 5) is 9.78. The number of unbranched alkanes of at least 4 members (excludes halogenated alkanes) is 3. The molecule has 77 valence electrons. The molecule has 0 aromatic heterocycles. The van der Waals surface area contributed by atoms with Crippen LogP contribution in [0, 0.1) is 0 Å². The third kappa shape index (κ3) is 11.2. The van der Waals surface area contributed by atoms with Gasteiger partial charge in [-0.2, -0.15) is 9.90 Å². The summed E-state index contributed by atoms with van der Waals surface area (Å²) in [5.74, 6) is 0. The summed E-state index contributed by atoms with van der Waals surface area (Å²) in [7, 11) is 0. The second-order valence-corrected chi connectivity index (χ2v) is 2.77. The molecular weight excluding hydrogens is 172 g/mol. The minimum atomic E-state index is -1.49. The van der Waals surface area contributed by atoms with E-state index in [-0.39, 0.29) is 6.61 Å². The summed E-state index contributed by atoms with van der Waals surface area (Å²) in [6.07, 6.45) is 3.12. The van der Waals surface area contributed by atoms with Crippen molar-refractivity contribution in [2.75, 3.05) is 19.8 Å². The fraction of sp³-hybridized carbons (Fsp3) is 0.889. The lowest BCUT2D eigenvalue weighted by Gasteiger charge is -2.02. The highest BCUT2D eigenvalue weighted by Gasteiger charge is 1.97. The van der Waals surface area contributed by atoms with Crippen molar-refractivity contribution in [1.29, 1.82) is 0 Å². The van der Waals surface area contributed by atoms with Crippen molar-refractivity contribution in [3.05, 3.63) is 0 Å². The molecule has 0 fully saturated rings. The van der Waals surface area contributed by atoms with Crippen molar-refractivity contribution in [1.82, 2.24) is 0 Å². The highest BCUT2D eigenvalue weighted by atomic mass is 16.7. The molecule has 0 rings (SSSR count). The molecule has 0 heterocycles. The van der Waals surface area contributed by atoms with E-state index >= 15 is 0 Å². The SMILES string of the molecule is CCCCCCOCCOC([O])=O. The number of hydrogen-bond acceptors (Lipinski definition) is 3. The number of carbonyl (C=O) groups is 1. The molecule has 0 atom stereocenters. The summed E-state index contributed by atoms with van der Waals surface area (Å²) in [6.45, 7) is 3.21. The smallest absolute Gasteiger partial charge is 0.429 e. The molecule has 0 aliphatic rings. The normalized spacial score (nSPS) is 9.92. The Morgan fingerprint density at radius 1 is 1.08 bits per heavy atom. The summed E-state index contributed by atoms with van der Waals surface area (Å²) < 4.78 is 9.26. The Morgan fingerprint density at radius 3 is 2.46 bits per heavy atom. The molecule has 0 aromatic carbocycles. The summed E-state index contributed by atoms with van der Waals surface area (Å²) in [5, 5.41) is 9.78. The fourth-order valence-electron chi connectivity index (χ4n) is 0.917. The van der Waals surface area contributed by atoms with E-state index in [2.05, 4.69) is 11.7 Å². The lowest BCUT2D eigenvalue weighted by atomic mass is 10.2. The molecule has 1 radical (unpaired) electrons. The zero-order chi connectivity index (χ0) is 9.94. The molecule has 4 nitrogen and oxygen atoms in total. The molecule has 0 saturated heterocycles. The summed E-state index contributed by atoms with van der Waals surface area (Å²) >= 11 is 0. The van der Waals surface area contributed by atoms with Crippen molar-refractivity contribution in [2.45, 2.75) is 32.6 Å². The molecule has 0 saturated carbocycles. The van der Waals surface area contributed by atoms with Gasteiger partial charge < -0.3 is 9.47 Å². The van der Waals surface area contributed by atoms with Gasteiger partial charge in [0.2, 0.25) is 0 Å². The Labute approximate surface area is 78.8 Å². The lowest BCUT2D eigenvalue weighted by molar-refractivity contribution is 0.0332. The Balaban J connectivity index is 2.87. The minimum Gasteiger partial charge on any atom is -0.429 e. The van der Waals surface area contributed by atoms with E-state index in [1.165, 1.54) is 12.8 Å². The Bertz CT molecular complexity index is 125. The van der Waals surface area contributed by atoms with Gasteiger partial charge in [0.15, 0.2) is 0 Å². The van der Waals surface area contributed by atoms with Gasteiger partial charge in [0.1, 0.15) is 6.61 Å². The van der Waals surface area contributed by atoms with Crippen LogP contribution in [0.1, 0.15) is 32.6 Å².